The molecule has 0 bridgehead atoms. The number of aromatic nitrogens is 2. The molecular formula is C30H31ClN4O4S. The van der Waals surface area contributed by atoms with Gasteiger partial charge in [0.25, 0.3) is 0 Å². The summed E-state index contributed by atoms with van der Waals surface area (Å²) in [5.41, 5.74) is 2.82. The van der Waals surface area contributed by atoms with Gasteiger partial charge in [0.05, 0.1) is 47.3 Å². The van der Waals surface area contributed by atoms with Gasteiger partial charge in [-0.2, -0.15) is 5.10 Å². The molecule has 1 aliphatic rings. The number of nitrogens with one attached hydrogen (secondary N) is 1. The summed E-state index contributed by atoms with van der Waals surface area (Å²) in [5, 5.41) is 8.15. The first-order valence-electron chi connectivity index (χ1n) is 12.9. The average molecular weight is 579 g/mol. The number of halogens is 1. The first-order chi connectivity index (χ1) is 19.2. The molecule has 10 heteroatoms. The van der Waals surface area contributed by atoms with Crippen LogP contribution in [0.2, 0.25) is 5.02 Å². The Labute approximate surface area is 242 Å². The molecule has 0 spiro atoms. The second-order valence-corrected chi connectivity index (χ2v) is 12.0. The van der Waals surface area contributed by atoms with E-state index in [9.17, 15) is 9.59 Å². The largest absolute Gasteiger partial charge is 0.496 e. The summed E-state index contributed by atoms with van der Waals surface area (Å²) in [6.45, 7) is 6.29. The minimum absolute atomic E-state index is 0.162. The Balaban J connectivity index is 1.71. The van der Waals surface area contributed by atoms with E-state index in [0.717, 1.165) is 16.8 Å². The highest BCUT2D eigenvalue weighted by Gasteiger charge is 2.40. The van der Waals surface area contributed by atoms with Crippen molar-refractivity contribution in [1.29, 1.82) is 0 Å². The summed E-state index contributed by atoms with van der Waals surface area (Å²) < 4.78 is 12.8. The average Bonchev–Trinajstić information content (AvgIpc) is 3.57. The first-order valence-corrected chi connectivity index (χ1v) is 14.3. The zero-order chi connectivity index (χ0) is 28.4. The number of rotatable bonds is 7. The molecule has 3 heterocycles. The molecule has 0 radical (unpaired) electrons. The van der Waals surface area contributed by atoms with E-state index in [1.165, 1.54) is 16.7 Å². The van der Waals surface area contributed by atoms with E-state index in [2.05, 4.69) is 26.1 Å². The van der Waals surface area contributed by atoms with Crippen molar-refractivity contribution in [2.45, 2.75) is 38.0 Å². The molecule has 8 nitrogen and oxygen atoms in total. The van der Waals surface area contributed by atoms with Crippen molar-refractivity contribution >= 4 is 41.0 Å². The maximum atomic E-state index is 13.8. The van der Waals surface area contributed by atoms with Crippen LogP contribution in [0.15, 0.2) is 71.3 Å². The predicted octanol–water partition coefficient (Wildman–Crippen LogP) is 5.91. The van der Waals surface area contributed by atoms with Gasteiger partial charge in [0.1, 0.15) is 23.9 Å². The van der Waals surface area contributed by atoms with Crippen LogP contribution in [0, 0.1) is 0 Å². The highest BCUT2D eigenvalue weighted by molar-refractivity contribution is 8.00. The van der Waals surface area contributed by atoms with Crippen LogP contribution in [-0.4, -0.2) is 41.0 Å². The molecule has 4 aromatic rings. The Kier molecular flexibility index (Phi) is 7.96. The number of amides is 2. The van der Waals surface area contributed by atoms with Crippen molar-refractivity contribution in [2.24, 2.45) is 0 Å². The van der Waals surface area contributed by atoms with Gasteiger partial charge in [-0.1, -0.05) is 62.7 Å². The van der Waals surface area contributed by atoms with E-state index < -0.39 is 5.41 Å². The molecule has 40 heavy (non-hydrogen) atoms. The summed E-state index contributed by atoms with van der Waals surface area (Å²) in [6, 6.07) is 18.7. The molecule has 1 aliphatic heterocycles. The molecule has 1 unspecified atom stereocenters. The third-order valence-corrected chi connectivity index (χ3v) is 8.20. The number of hydrogen-bond donors (Lipinski definition) is 1. The molecule has 0 aliphatic carbocycles. The highest BCUT2D eigenvalue weighted by atomic mass is 35.5. The topological polar surface area (TPSA) is 89.6 Å². The van der Waals surface area contributed by atoms with Gasteiger partial charge in [0.2, 0.25) is 11.8 Å². The molecule has 2 amide bonds. The van der Waals surface area contributed by atoms with Crippen LogP contribution in [0.25, 0.3) is 5.69 Å². The quantitative estimate of drug-likeness (QED) is 0.293. The smallest absolute Gasteiger partial charge is 0.240 e. The maximum Gasteiger partial charge on any atom is 0.240 e. The number of ether oxygens (including phenoxy) is 1. The monoisotopic (exact) mass is 578 g/mol. The van der Waals surface area contributed by atoms with Crippen LogP contribution >= 0.6 is 23.4 Å². The van der Waals surface area contributed by atoms with Gasteiger partial charge in [-0.15, -0.1) is 11.8 Å². The van der Waals surface area contributed by atoms with Crippen LogP contribution in [0.1, 0.15) is 48.6 Å². The van der Waals surface area contributed by atoms with Gasteiger partial charge in [0, 0.05) is 16.5 Å². The molecule has 5 rings (SSSR count). The van der Waals surface area contributed by atoms with Gasteiger partial charge in [-0.05, 0) is 30.3 Å². The molecule has 2 aromatic heterocycles. The lowest BCUT2D eigenvalue weighted by Gasteiger charge is -2.25. The number of nitrogens with zero attached hydrogens (tertiary/aromatic N) is 3. The van der Waals surface area contributed by atoms with Gasteiger partial charge >= 0.3 is 0 Å². The van der Waals surface area contributed by atoms with E-state index in [-0.39, 0.29) is 35.9 Å². The zero-order valence-corrected chi connectivity index (χ0v) is 24.4. The Hall–Kier alpha value is -3.69. The number of thioether (sulfide) groups is 1. The van der Waals surface area contributed by atoms with Crippen molar-refractivity contribution in [1.82, 2.24) is 15.1 Å². The van der Waals surface area contributed by atoms with Crippen LogP contribution in [0.3, 0.4) is 0 Å². The van der Waals surface area contributed by atoms with Crippen LogP contribution < -0.4 is 15.0 Å². The number of para-hydroxylation sites is 2. The number of methoxy groups -OCH3 is 1. The van der Waals surface area contributed by atoms with Crippen LogP contribution in [0.5, 0.6) is 5.75 Å². The molecule has 0 fully saturated rings. The molecular weight excluding hydrogens is 548 g/mol. The number of hydrogen-bond acceptors (Lipinski definition) is 6. The van der Waals surface area contributed by atoms with E-state index in [1.54, 1.807) is 36.3 Å². The Morgan fingerprint density at radius 2 is 1.90 bits per heavy atom. The number of fused-ring (bicyclic) bond motifs is 1. The summed E-state index contributed by atoms with van der Waals surface area (Å²) in [5.74, 6) is 1.50. The van der Waals surface area contributed by atoms with E-state index >= 15 is 0 Å². The number of anilines is 1. The Bertz CT molecular complexity index is 1530. The molecule has 0 saturated heterocycles. The molecule has 1 N–H and O–H groups in total. The highest BCUT2D eigenvalue weighted by Crippen LogP contribution is 2.50. The second kappa shape index (κ2) is 11.4. The lowest BCUT2D eigenvalue weighted by atomic mass is 9.87. The summed E-state index contributed by atoms with van der Waals surface area (Å²) in [4.78, 5) is 28.5. The fraction of sp³-hybridized carbons (Fsp3) is 0.300. The van der Waals surface area contributed by atoms with Gasteiger partial charge < -0.3 is 14.5 Å². The van der Waals surface area contributed by atoms with Gasteiger partial charge in [-0.25, -0.2) is 4.68 Å². The van der Waals surface area contributed by atoms with Gasteiger partial charge in [0.15, 0.2) is 0 Å². The summed E-state index contributed by atoms with van der Waals surface area (Å²) in [6.07, 6.45) is 1.55. The van der Waals surface area contributed by atoms with Crippen LogP contribution in [-0.2, 0) is 21.5 Å². The number of carbonyl (C=O) groups is 2. The zero-order valence-electron chi connectivity index (χ0n) is 22.8. The third kappa shape index (κ3) is 5.48. The Morgan fingerprint density at radius 1 is 1.15 bits per heavy atom. The minimum atomic E-state index is -0.391. The lowest BCUT2D eigenvalue weighted by Crippen LogP contribution is -2.42. The molecule has 2 aromatic carbocycles. The minimum Gasteiger partial charge on any atom is -0.496 e. The molecule has 1 atom stereocenters. The fourth-order valence-corrected chi connectivity index (χ4v) is 6.23. The number of carbonyl (C=O) groups excluding carboxylic acids is 2. The standard InChI is InChI=1S/C30H31ClN4O4S/c1-30(2,3)28-26-27(20-11-5-8-14-23(20)38-4)40-18-25(37)34(17-24(36)32-16-19-10-9-15-39-19)29(26)35(33-28)22-13-7-6-12-21(22)31/h5-15,27H,16-18H2,1-4H3,(H,32,36). The fourth-order valence-electron chi connectivity index (χ4n) is 4.79. The molecule has 208 valence electrons. The predicted molar refractivity (Wildman–Crippen MR) is 157 cm³/mol. The van der Waals surface area contributed by atoms with Crippen molar-refractivity contribution in [2.75, 3.05) is 24.3 Å². The number of furan rings is 1. The first kappa shape index (κ1) is 27.9. The maximum absolute atomic E-state index is 13.8. The van der Waals surface area contributed by atoms with E-state index in [4.69, 9.17) is 25.9 Å². The van der Waals surface area contributed by atoms with Gasteiger partial charge in [-0.3, -0.25) is 14.5 Å². The van der Waals surface area contributed by atoms with Crippen molar-refractivity contribution < 1.29 is 18.7 Å². The summed E-state index contributed by atoms with van der Waals surface area (Å²) in [7, 11) is 1.64. The third-order valence-electron chi connectivity index (χ3n) is 6.64. The van der Waals surface area contributed by atoms with E-state index in [1.807, 2.05) is 42.5 Å². The number of benzene rings is 2. The van der Waals surface area contributed by atoms with Crippen molar-refractivity contribution in [3.8, 4) is 11.4 Å². The van der Waals surface area contributed by atoms with Crippen LogP contribution in [0.4, 0.5) is 5.82 Å². The second-order valence-electron chi connectivity index (χ2n) is 10.5. The normalized spacial score (nSPS) is 15.5. The SMILES string of the molecule is COc1ccccc1C1SCC(=O)N(CC(=O)NCc2ccco2)c2c1c(C(C)(C)C)nn2-c1ccccc1Cl. The molecule has 0 saturated carbocycles. The van der Waals surface area contributed by atoms with Crippen molar-refractivity contribution in [3.05, 3.63) is 94.5 Å². The summed E-state index contributed by atoms with van der Waals surface area (Å²) >= 11 is 8.18. The lowest BCUT2D eigenvalue weighted by molar-refractivity contribution is -0.123. The van der Waals surface area contributed by atoms with Crippen molar-refractivity contribution in [3.63, 3.8) is 0 Å². The Morgan fingerprint density at radius 3 is 2.60 bits per heavy atom. The van der Waals surface area contributed by atoms with E-state index in [0.29, 0.717) is 28.0 Å².